The number of thiazole rings is 1. The molecular weight excluding hydrogens is 424 g/mol. The highest BCUT2D eigenvalue weighted by molar-refractivity contribution is 7.93. The molecule has 30 heavy (non-hydrogen) atoms. The number of amides is 1. The van der Waals surface area contributed by atoms with Crippen molar-refractivity contribution in [3.05, 3.63) is 72.4 Å². The van der Waals surface area contributed by atoms with Gasteiger partial charge < -0.3 is 10.1 Å². The van der Waals surface area contributed by atoms with E-state index in [1.165, 1.54) is 41.8 Å². The molecule has 0 fully saturated rings. The van der Waals surface area contributed by atoms with Gasteiger partial charge in [-0.1, -0.05) is 18.2 Å². The number of carbonyl (C=O) groups excluding carboxylic acids is 1. The summed E-state index contributed by atoms with van der Waals surface area (Å²) in [6, 6.07) is 15.3. The number of benzene rings is 2. The summed E-state index contributed by atoms with van der Waals surface area (Å²) in [6.07, 6.45) is 3.13. The van der Waals surface area contributed by atoms with Gasteiger partial charge in [0.1, 0.15) is 0 Å². The lowest BCUT2D eigenvalue weighted by molar-refractivity contribution is -0.118. The van der Waals surface area contributed by atoms with Gasteiger partial charge in [0.05, 0.1) is 4.90 Å². The zero-order chi connectivity index (χ0) is 21.0. The van der Waals surface area contributed by atoms with Crippen LogP contribution in [0.1, 0.15) is 0 Å². The Kier molecular flexibility index (Phi) is 5.59. The molecule has 152 valence electrons. The fourth-order valence-electron chi connectivity index (χ4n) is 2.70. The van der Waals surface area contributed by atoms with Gasteiger partial charge in [0.2, 0.25) is 5.88 Å². The largest absolute Gasteiger partial charge is 0.467 e. The number of pyridine rings is 1. The molecule has 1 amide bonds. The van der Waals surface area contributed by atoms with Crippen molar-refractivity contribution >= 4 is 48.9 Å². The van der Waals surface area contributed by atoms with Crippen LogP contribution in [-0.4, -0.2) is 30.9 Å². The van der Waals surface area contributed by atoms with E-state index in [0.717, 1.165) is 10.8 Å². The maximum Gasteiger partial charge on any atom is 0.263 e. The molecule has 2 aromatic carbocycles. The van der Waals surface area contributed by atoms with Crippen molar-refractivity contribution in [2.24, 2.45) is 0 Å². The number of hydrogen-bond acceptors (Lipinski definition) is 7. The molecular formula is C20H16N4O4S2. The molecule has 8 nitrogen and oxygen atoms in total. The van der Waals surface area contributed by atoms with Crippen LogP contribution in [0.5, 0.6) is 5.88 Å². The minimum absolute atomic E-state index is 0.0619. The van der Waals surface area contributed by atoms with Crippen LogP contribution in [-0.2, 0) is 14.8 Å². The molecule has 4 rings (SSSR count). The molecule has 0 radical (unpaired) electrons. The predicted molar refractivity (Wildman–Crippen MR) is 115 cm³/mol. The smallest absolute Gasteiger partial charge is 0.263 e. The van der Waals surface area contributed by atoms with Crippen LogP contribution in [0.3, 0.4) is 0 Å². The van der Waals surface area contributed by atoms with E-state index >= 15 is 0 Å². The summed E-state index contributed by atoms with van der Waals surface area (Å²) in [6.45, 7) is -0.230. The Hall–Kier alpha value is -3.50. The number of hydrogen-bond donors (Lipinski definition) is 2. The van der Waals surface area contributed by atoms with Crippen molar-refractivity contribution < 1.29 is 17.9 Å². The van der Waals surface area contributed by atoms with Gasteiger partial charge >= 0.3 is 0 Å². The molecule has 0 atom stereocenters. The van der Waals surface area contributed by atoms with Crippen LogP contribution in [0.15, 0.2) is 77.3 Å². The van der Waals surface area contributed by atoms with E-state index in [4.69, 9.17) is 4.74 Å². The second-order valence-electron chi connectivity index (χ2n) is 6.14. The number of sulfonamides is 1. The van der Waals surface area contributed by atoms with Crippen LogP contribution < -0.4 is 14.8 Å². The number of ether oxygens (including phenoxy) is 1. The van der Waals surface area contributed by atoms with Gasteiger partial charge in [-0.15, -0.1) is 11.3 Å². The molecule has 0 bridgehead atoms. The van der Waals surface area contributed by atoms with Gasteiger partial charge in [0.15, 0.2) is 11.7 Å². The average Bonchev–Trinajstić information content (AvgIpc) is 3.25. The van der Waals surface area contributed by atoms with E-state index < -0.39 is 10.0 Å². The van der Waals surface area contributed by atoms with E-state index in [9.17, 15) is 13.2 Å². The summed E-state index contributed by atoms with van der Waals surface area (Å²) in [5.41, 5.74) is 0.447. The SMILES string of the molecule is O=C(COc1nccc2ccccc12)Nc1ccc(S(=O)(=O)Nc2nccs2)cc1. The maximum absolute atomic E-state index is 12.3. The number of anilines is 2. The van der Waals surface area contributed by atoms with Crippen LogP contribution in [0, 0.1) is 0 Å². The maximum atomic E-state index is 12.3. The van der Waals surface area contributed by atoms with Gasteiger partial charge in [-0.05, 0) is 41.8 Å². The van der Waals surface area contributed by atoms with Crippen LogP contribution in [0.4, 0.5) is 10.8 Å². The Morgan fingerprint density at radius 2 is 1.80 bits per heavy atom. The minimum Gasteiger partial charge on any atom is -0.467 e. The van der Waals surface area contributed by atoms with Gasteiger partial charge in [-0.2, -0.15) is 0 Å². The van der Waals surface area contributed by atoms with Crippen LogP contribution in [0.25, 0.3) is 10.8 Å². The van der Waals surface area contributed by atoms with Crippen molar-refractivity contribution in [1.82, 2.24) is 9.97 Å². The summed E-state index contributed by atoms with van der Waals surface area (Å²) < 4.78 is 32.6. The number of nitrogens with one attached hydrogen (secondary N) is 2. The summed E-state index contributed by atoms with van der Waals surface area (Å²) in [4.78, 5) is 20.4. The van der Waals surface area contributed by atoms with Crippen molar-refractivity contribution in [3.8, 4) is 5.88 Å². The molecule has 0 aliphatic carbocycles. The number of carbonyl (C=O) groups is 1. The first kappa shape index (κ1) is 19.8. The molecule has 0 aliphatic rings. The molecule has 10 heteroatoms. The van der Waals surface area contributed by atoms with Crippen LogP contribution in [0.2, 0.25) is 0 Å². The van der Waals surface area contributed by atoms with E-state index in [0.29, 0.717) is 11.6 Å². The summed E-state index contributed by atoms with van der Waals surface area (Å²) >= 11 is 1.18. The van der Waals surface area contributed by atoms with Crippen molar-refractivity contribution in [3.63, 3.8) is 0 Å². The van der Waals surface area contributed by atoms with Gasteiger partial charge in [-0.25, -0.2) is 18.4 Å². The lowest BCUT2D eigenvalue weighted by atomic mass is 10.2. The quantitative estimate of drug-likeness (QED) is 0.455. The number of fused-ring (bicyclic) bond motifs is 1. The van der Waals surface area contributed by atoms with E-state index in [1.807, 2.05) is 30.3 Å². The van der Waals surface area contributed by atoms with E-state index in [-0.39, 0.29) is 22.5 Å². The first-order valence-electron chi connectivity index (χ1n) is 8.80. The molecule has 2 N–H and O–H groups in total. The third-order valence-corrected chi connectivity index (χ3v) is 6.25. The molecule has 0 unspecified atom stereocenters. The number of aromatic nitrogens is 2. The van der Waals surface area contributed by atoms with Crippen molar-refractivity contribution in [2.45, 2.75) is 4.90 Å². The second kappa shape index (κ2) is 8.47. The van der Waals surface area contributed by atoms with Gasteiger partial charge in [-0.3, -0.25) is 9.52 Å². The molecule has 0 aliphatic heterocycles. The fraction of sp³-hybridized carbons (Fsp3) is 0.0500. The molecule has 0 saturated heterocycles. The highest BCUT2D eigenvalue weighted by Crippen LogP contribution is 2.23. The molecule has 2 heterocycles. The Morgan fingerprint density at radius 3 is 2.57 bits per heavy atom. The fourth-order valence-corrected chi connectivity index (χ4v) is 4.49. The number of nitrogens with zero attached hydrogens (tertiary/aromatic N) is 2. The Morgan fingerprint density at radius 1 is 1.00 bits per heavy atom. The normalized spacial score (nSPS) is 11.2. The van der Waals surface area contributed by atoms with Crippen molar-refractivity contribution in [2.75, 3.05) is 16.6 Å². The Labute approximate surface area is 176 Å². The van der Waals surface area contributed by atoms with E-state index in [2.05, 4.69) is 20.0 Å². The van der Waals surface area contributed by atoms with Crippen molar-refractivity contribution in [1.29, 1.82) is 0 Å². The first-order valence-corrected chi connectivity index (χ1v) is 11.2. The molecule has 2 aromatic heterocycles. The lowest BCUT2D eigenvalue weighted by Gasteiger charge is -2.10. The molecule has 4 aromatic rings. The van der Waals surface area contributed by atoms with Gasteiger partial charge in [0, 0.05) is 28.8 Å². The van der Waals surface area contributed by atoms with E-state index in [1.54, 1.807) is 11.6 Å². The summed E-state index contributed by atoms with van der Waals surface area (Å²) in [7, 11) is -3.74. The highest BCUT2D eigenvalue weighted by atomic mass is 32.2. The summed E-state index contributed by atoms with van der Waals surface area (Å²) in [5, 5.41) is 6.40. The standard InChI is InChI=1S/C20H16N4O4S2/c25-18(13-28-19-17-4-2-1-3-14(17)9-10-21-19)23-15-5-7-16(8-6-15)30(26,27)24-20-22-11-12-29-20/h1-12H,13H2,(H,22,24)(H,23,25). The second-order valence-corrected chi connectivity index (χ2v) is 8.72. The zero-order valence-electron chi connectivity index (χ0n) is 15.5. The number of rotatable bonds is 7. The molecule has 0 saturated carbocycles. The van der Waals surface area contributed by atoms with Crippen LogP contribution >= 0.6 is 11.3 Å². The highest BCUT2D eigenvalue weighted by Gasteiger charge is 2.15. The first-order chi connectivity index (χ1) is 14.5. The predicted octanol–water partition coefficient (Wildman–Crippen LogP) is 3.51. The lowest BCUT2D eigenvalue weighted by Crippen LogP contribution is -2.20. The zero-order valence-corrected chi connectivity index (χ0v) is 17.1. The Balaban J connectivity index is 1.38. The topological polar surface area (TPSA) is 110 Å². The summed E-state index contributed by atoms with van der Waals surface area (Å²) in [5.74, 6) is -0.0146. The molecule has 0 spiro atoms. The third-order valence-electron chi connectivity index (χ3n) is 4.08. The Bertz CT molecular complexity index is 1270. The minimum atomic E-state index is -3.74. The monoisotopic (exact) mass is 440 g/mol. The van der Waals surface area contributed by atoms with Gasteiger partial charge in [0.25, 0.3) is 15.9 Å². The average molecular weight is 441 g/mol. The third kappa shape index (κ3) is 4.56.